The van der Waals surface area contributed by atoms with Gasteiger partial charge in [-0.3, -0.25) is 0 Å². The molecule has 0 bridgehead atoms. The molecule has 108 valence electrons. The van der Waals surface area contributed by atoms with Crippen LogP contribution in [0.5, 0.6) is 0 Å². The molecule has 19 heavy (non-hydrogen) atoms. The van der Waals surface area contributed by atoms with Crippen molar-refractivity contribution in [2.45, 2.75) is 58.7 Å². The minimum atomic E-state index is 0.176. The van der Waals surface area contributed by atoms with Crippen LogP contribution in [0.3, 0.4) is 0 Å². The van der Waals surface area contributed by atoms with Gasteiger partial charge < -0.3 is 10.1 Å². The number of tetrazole rings is 1. The van der Waals surface area contributed by atoms with Crippen molar-refractivity contribution in [3.05, 3.63) is 5.82 Å². The van der Waals surface area contributed by atoms with E-state index < -0.39 is 0 Å². The van der Waals surface area contributed by atoms with Crippen LogP contribution in [0.25, 0.3) is 0 Å². The Morgan fingerprint density at radius 3 is 2.89 bits per heavy atom. The van der Waals surface area contributed by atoms with Crippen LogP contribution in [0.2, 0.25) is 0 Å². The van der Waals surface area contributed by atoms with Gasteiger partial charge in [-0.05, 0) is 49.6 Å². The fourth-order valence-electron chi connectivity index (χ4n) is 2.45. The second-order valence-electron chi connectivity index (χ2n) is 5.87. The van der Waals surface area contributed by atoms with E-state index >= 15 is 0 Å². The number of aromatic nitrogens is 4. The third kappa shape index (κ3) is 3.73. The number of nitrogens with one attached hydrogen (secondary N) is 1. The Kier molecular flexibility index (Phi) is 4.87. The Bertz CT molecular complexity index is 392. The maximum absolute atomic E-state index is 5.59. The molecule has 0 spiro atoms. The summed E-state index contributed by atoms with van der Waals surface area (Å²) in [6, 6.07) is 0.535. The van der Waals surface area contributed by atoms with E-state index in [-0.39, 0.29) is 12.1 Å². The summed E-state index contributed by atoms with van der Waals surface area (Å²) < 4.78 is 7.57. The molecule has 2 heterocycles. The fourth-order valence-corrected chi connectivity index (χ4v) is 2.45. The smallest absolute Gasteiger partial charge is 0.168 e. The third-order valence-corrected chi connectivity index (χ3v) is 3.54. The molecular weight excluding hydrogens is 242 g/mol. The lowest BCUT2D eigenvalue weighted by atomic mass is 10.0. The van der Waals surface area contributed by atoms with Crippen molar-refractivity contribution in [2.75, 3.05) is 13.2 Å². The maximum Gasteiger partial charge on any atom is 0.168 e. The van der Waals surface area contributed by atoms with Crippen LogP contribution >= 0.6 is 0 Å². The van der Waals surface area contributed by atoms with E-state index in [1.807, 2.05) is 4.68 Å². The summed E-state index contributed by atoms with van der Waals surface area (Å²) in [7, 11) is 0. The number of hydrogen-bond donors (Lipinski definition) is 1. The topological polar surface area (TPSA) is 64.9 Å². The van der Waals surface area contributed by atoms with Crippen molar-refractivity contribution in [1.29, 1.82) is 0 Å². The lowest BCUT2D eigenvalue weighted by Crippen LogP contribution is -2.31. The van der Waals surface area contributed by atoms with Gasteiger partial charge in [0.2, 0.25) is 0 Å². The Morgan fingerprint density at radius 1 is 1.42 bits per heavy atom. The van der Waals surface area contributed by atoms with Crippen molar-refractivity contribution >= 4 is 0 Å². The molecular formula is C13H25N5O. The summed E-state index contributed by atoms with van der Waals surface area (Å²) >= 11 is 0. The molecule has 0 amide bonds. The number of hydrogen-bond acceptors (Lipinski definition) is 5. The Labute approximate surface area is 114 Å². The minimum absolute atomic E-state index is 0.176. The van der Waals surface area contributed by atoms with Gasteiger partial charge in [0.25, 0.3) is 0 Å². The first-order chi connectivity index (χ1) is 9.08. The monoisotopic (exact) mass is 267 g/mol. The van der Waals surface area contributed by atoms with E-state index in [9.17, 15) is 0 Å². The van der Waals surface area contributed by atoms with Gasteiger partial charge in [-0.2, -0.15) is 0 Å². The quantitative estimate of drug-likeness (QED) is 0.880. The van der Waals surface area contributed by atoms with Crippen LogP contribution in [-0.4, -0.2) is 39.5 Å². The van der Waals surface area contributed by atoms with Gasteiger partial charge in [-0.15, -0.1) is 5.10 Å². The van der Waals surface area contributed by atoms with E-state index in [0.29, 0.717) is 12.0 Å². The predicted molar refractivity (Wildman–Crippen MR) is 72.8 cm³/mol. The molecule has 1 aliphatic rings. The Balaban J connectivity index is 2.04. The zero-order valence-corrected chi connectivity index (χ0v) is 12.3. The van der Waals surface area contributed by atoms with Crippen LogP contribution < -0.4 is 5.32 Å². The molecule has 0 aromatic carbocycles. The predicted octanol–water partition coefficient (Wildman–Crippen LogP) is 1.72. The van der Waals surface area contributed by atoms with Gasteiger partial charge in [-0.1, -0.05) is 13.8 Å². The van der Waals surface area contributed by atoms with Gasteiger partial charge in [0.1, 0.15) is 0 Å². The summed E-state index contributed by atoms with van der Waals surface area (Å²) in [5.74, 6) is 1.55. The average molecular weight is 267 g/mol. The molecule has 3 atom stereocenters. The van der Waals surface area contributed by atoms with Gasteiger partial charge in [0, 0.05) is 6.61 Å². The normalized spacial score (nSPS) is 25.7. The van der Waals surface area contributed by atoms with Crippen LogP contribution in [-0.2, 0) is 4.74 Å². The first kappa shape index (κ1) is 14.4. The summed E-state index contributed by atoms with van der Waals surface area (Å²) in [5.41, 5.74) is 0. The Hall–Kier alpha value is -1.01. The Morgan fingerprint density at radius 2 is 2.21 bits per heavy atom. The number of ether oxygens (including phenoxy) is 1. The van der Waals surface area contributed by atoms with Gasteiger partial charge in [0.05, 0.1) is 18.2 Å². The molecule has 1 aliphatic heterocycles. The molecule has 2 rings (SSSR count). The highest BCUT2D eigenvalue weighted by Gasteiger charge is 2.26. The largest absolute Gasteiger partial charge is 0.378 e. The summed E-state index contributed by atoms with van der Waals surface area (Å²) in [5, 5.41) is 15.7. The highest BCUT2D eigenvalue weighted by molar-refractivity contribution is 4.93. The molecule has 0 aliphatic carbocycles. The molecule has 0 radical (unpaired) electrons. The van der Waals surface area contributed by atoms with Crippen molar-refractivity contribution in [2.24, 2.45) is 5.92 Å². The van der Waals surface area contributed by atoms with Crippen LogP contribution in [0.1, 0.15) is 58.4 Å². The zero-order valence-electron chi connectivity index (χ0n) is 12.3. The minimum Gasteiger partial charge on any atom is -0.378 e. The molecule has 3 unspecified atom stereocenters. The van der Waals surface area contributed by atoms with Crippen LogP contribution in [0.4, 0.5) is 0 Å². The molecule has 1 fully saturated rings. The van der Waals surface area contributed by atoms with Gasteiger partial charge in [-0.25, -0.2) is 4.68 Å². The van der Waals surface area contributed by atoms with Crippen molar-refractivity contribution in [3.8, 4) is 0 Å². The lowest BCUT2D eigenvalue weighted by molar-refractivity contribution is 0.00226. The number of rotatable bonds is 5. The number of nitrogens with zero attached hydrogens (tertiary/aromatic N) is 4. The van der Waals surface area contributed by atoms with Gasteiger partial charge in [0.15, 0.2) is 5.82 Å². The second-order valence-corrected chi connectivity index (χ2v) is 5.87. The molecule has 1 aromatic heterocycles. The van der Waals surface area contributed by atoms with Crippen molar-refractivity contribution < 1.29 is 4.74 Å². The summed E-state index contributed by atoms with van der Waals surface area (Å²) in [4.78, 5) is 0. The first-order valence-corrected chi connectivity index (χ1v) is 7.20. The highest BCUT2D eigenvalue weighted by Crippen LogP contribution is 2.26. The molecule has 0 saturated carbocycles. The van der Waals surface area contributed by atoms with E-state index in [4.69, 9.17) is 4.74 Å². The molecule has 1 aromatic rings. The fraction of sp³-hybridized carbons (Fsp3) is 0.923. The SMILES string of the molecule is CC(C)CNC(C)c1nnnn1C1CCOC(C)C1. The van der Waals surface area contributed by atoms with Crippen LogP contribution in [0, 0.1) is 5.92 Å². The van der Waals surface area contributed by atoms with E-state index in [1.54, 1.807) is 0 Å². The molecule has 1 N–H and O–H groups in total. The zero-order chi connectivity index (χ0) is 13.8. The van der Waals surface area contributed by atoms with E-state index in [2.05, 4.69) is 48.5 Å². The molecule has 1 saturated heterocycles. The second kappa shape index (κ2) is 6.43. The van der Waals surface area contributed by atoms with Crippen molar-refractivity contribution in [1.82, 2.24) is 25.5 Å². The van der Waals surface area contributed by atoms with Crippen LogP contribution in [0.15, 0.2) is 0 Å². The van der Waals surface area contributed by atoms with E-state index in [1.165, 1.54) is 0 Å². The summed E-state index contributed by atoms with van der Waals surface area (Å²) in [6.07, 6.45) is 2.25. The lowest BCUT2D eigenvalue weighted by Gasteiger charge is -2.28. The maximum atomic E-state index is 5.59. The summed E-state index contributed by atoms with van der Waals surface area (Å²) in [6.45, 7) is 10.4. The van der Waals surface area contributed by atoms with E-state index in [0.717, 1.165) is 31.8 Å². The van der Waals surface area contributed by atoms with Gasteiger partial charge >= 0.3 is 0 Å². The third-order valence-electron chi connectivity index (χ3n) is 3.54. The standard InChI is InChI=1S/C13H25N5O/c1-9(2)8-14-11(4)13-15-16-17-18(13)12-5-6-19-10(3)7-12/h9-12,14H,5-8H2,1-4H3. The average Bonchev–Trinajstić information content (AvgIpc) is 2.85. The molecule has 6 heteroatoms. The first-order valence-electron chi connectivity index (χ1n) is 7.20. The molecule has 6 nitrogen and oxygen atoms in total. The van der Waals surface area contributed by atoms with Crippen molar-refractivity contribution in [3.63, 3.8) is 0 Å². The highest BCUT2D eigenvalue weighted by atomic mass is 16.5.